The van der Waals surface area contributed by atoms with Gasteiger partial charge in [0.15, 0.2) is 9.84 Å². The Balaban J connectivity index is 1.61. The number of nitrogens with zero attached hydrogens (tertiary/aromatic N) is 3. The van der Waals surface area contributed by atoms with Crippen LogP contribution in [0.2, 0.25) is 0 Å². The summed E-state index contributed by atoms with van der Waals surface area (Å²) in [6.45, 7) is 3.51. The standard InChI is InChI=1S/C17H25F3N4O3S/c1-2-24(13-5-7-28(26,27)11-13)15(25)10-23-6-3-4-12(9-23)16-21-8-14(22-16)17(18,19)20/h8,12-13H,2-7,9-11H2,1H3,(H,21,22)/t12-,13+/m0/s1. The second-order valence-electron chi connectivity index (χ2n) is 7.49. The monoisotopic (exact) mass is 422 g/mol. The zero-order chi connectivity index (χ0) is 20.5. The normalized spacial score (nSPS) is 25.7. The molecule has 7 nitrogen and oxygen atoms in total. The van der Waals surface area contributed by atoms with Gasteiger partial charge in [0, 0.05) is 25.0 Å². The number of carbonyl (C=O) groups excluding carboxylic acids is 1. The molecule has 1 aromatic rings. The summed E-state index contributed by atoms with van der Waals surface area (Å²) in [5.74, 6) is 0.0636. The van der Waals surface area contributed by atoms with Gasteiger partial charge in [0.25, 0.3) is 0 Å². The van der Waals surface area contributed by atoms with Crippen molar-refractivity contribution >= 4 is 15.7 Å². The van der Waals surface area contributed by atoms with Crippen molar-refractivity contribution in [1.29, 1.82) is 0 Å². The van der Waals surface area contributed by atoms with E-state index >= 15 is 0 Å². The Labute approximate surface area is 162 Å². The fraction of sp³-hybridized carbons (Fsp3) is 0.765. The van der Waals surface area contributed by atoms with Crippen molar-refractivity contribution in [3.8, 4) is 0 Å². The van der Waals surface area contributed by atoms with E-state index < -0.39 is 21.7 Å². The van der Waals surface area contributed by atoms with Crippen molar-refractivity contribution in [3.05, 3.63) is 17.7 Å². The number of likely N-dealkylation sites (tertiary alicyclic amines) is 1. The van der Waals surface area contributed by atoms with Crippen LogP contribution in [-0.4, -0.2) is 77.8 Å². The summed E-state index contributed by atoms with van der Waals surface area (Å²) in [5.41, 5.74) is -0.865. The Kier molecular flexibility index (Phi) is 6.04. The second kappa shape index (κ2) is 8.02. The van der Waals surface area contributed by atoms with Crippen LogP contribution in [-0.2, 0) is 20.8 Å². The summed E-state index contributed by atoms with van der Waals surface area (Å²) in [5, 5.41) is 0. The maximum absolute atomic E-state index is 12.8. The van der Waals surface area contributed by atoms with E-state index in [1.807, 2.05) is 11.8 Å². The molecular formula is C17H25F3N4O3S. The molecule has 0 saturated carbocycles. The third-order valence-corrected chi connectivity index (χ3v) is 7.21. The summed E-state index contributed by atoms with van der Waals surface area (Å²) in [6.07, 6.45) is -1.74. The Hall–Kier alpha value is -1.62. The quantitative estimate of drug-likeness (QED) is 0.780. The molecule has 2 fully saturated rings. The highest BCUT2D eigenvalue weighted by molar-refractivity contribution is 7.91. The minimum atomic E-state index is -4.46. The molecule has 2 saturated heterocycles. The van der Waals surface area contributed by atoms with Crippen LogP contribution in [0.3, 0.4) is 0 Å². The van der Waals surface area contributed by atoms with Crippen LogP contribution < -0.4 is 0 Å². The first-order chi connectivity index (χ1) is 13.1. The smallest absolute Gasteiger partial charge is 0.338 e. The third-order valence-electron chi connectivity index (χ3n) is 5.46. The first kappa shape index (κ1) is 21.1. The predicted molar refractivity (Wildman–Crippen MR) is 96.5 cm³/mol. The van der Waals surface area contributed by atoms with Gasteiger partial charge in [0.05, 0.1) is 24.2 Å². The van der Waals surface area contributed by atoms with Gasteiger partial charge >= 0.3 is 6.18 Å². The number of piperidine rings is 1. The van der Waals surface area contributed by atoms with Gasteiger partial charge in [0.1, 0.15) is 11.5 Å². The van der Waals surface area contributed by atoms with Crippen LogP contribution in [0.1, 0.15) is 43.6 Å². The van der Waals surface area contributed by atoms with E-state index in [9.17, 15) is 26.4 Å². The van der Waals surface area contributed by atoms with E-state index in [4.69, 9.17) is 0 Å². The number of carbonyl (C=O) groups is 1. The van der Waals surface area contributed by atoms with Crippen molar-refractivity contribution < 1.29 is 26.4 Å². The Morgan fingerprint density at radius 3 is 2.71 bits per heavy atom. The SMILES string of the molecule is CCN(C(=O)CN1CCC[C@H](c2ncc(C(F)(F)F)[nH]2)C1)[C@@H]1CCS(=O)(=O)C1. The summed E-state index contributed by atoms with van der Waals surface area (Å²) >= 11 is 0. The minimum absolute atomic E-state index is 0.00181. The van der Waals surface area contributed by atoms with Crippen LogP contribution in [0.25, 0.3) is 0 Å². The number of aromatic nitrogens is 2. The number of amides is 1. The number of halogens is 3. The second-order valence-corrected chi connectivity index (χ2v) is 9.72. The van der Waals surface area contributed by atoms with Crippen LogP contribution in [0, 0.1) is 0 Å². The highest BCUT2D eigenvalue weighted by Gasteiger charge is 2.36. The van der Waals surface area contributed by atoms with Gasteiger partial charge < -0.3 is 9.88 Å². The number of imidazole rings is 1. The number of likely N-dealkylation sites (N-methyl/N-ethyl adjacent to an activating group) is 1. The molecule has 11 heteroatoms. The van der Waals surface area contributed by atoms with E-state index in [1.165, 1.54) is 0 Å². The Bertz CT molecular complexity index is 809. The number of alkyl halides is 3. The van der Waals surface area contributed by atoms with E-state index in [-0.39, 0.29) is 35.9 Å². The zero-order valence-electron chi connectivity index (χ0n) is 15.7. The average Bonchev–Trinajstić information content (AvgIpc) is 3.22. The predicted octanol–water partition coefficient (Wildman–Crippen LogP) is 1.64. The summed E-state index contributed by atoms with van der Waals surface area (Å²) < 4.78 is 61.7. The Morgan fingerprint density at radius 2 is 2.14 bits per heavy atom. The van der Waals surface area contributed by atoms with Gasteiger partial charge in [-0.05, 0) is 32.7 Å². The molecule has 158 valence electrons. The van der Waals surface area contributed by atoms with Crippen molar-refractivity contribution in [2.45, 2.75) is 44.3 Å². The van der Waals surface area contributed by atoms with Crippen LogP contribution in [0.4, 0.5) is 13.2 Å². The highest BCUT2D eigenvalue weighted by atomic mass is 32.2. The molecule has 2 atom stereocenters. The third kappa shape index (κ3) is 4.86. The molecular weight excluding hydrogens is 397 g/mol. The molecule has 28 heavy (non-hydrogen) atoms. The molecule has 1 aromatic heterocycles. The molecule has 1 amide bonds. The first-order valence-electron chi connectivity index (χ1n) is 9.43. The van der Waals surface area contributed by atoms with Gasteiger partial charge in [-0.1, -0.05) is 0 Å². The molecule has 2 aliphatic rings. The molecule has 0 bridgehead atoms. The summed E-state index contributed by atoms with van der Waals surface area (Å²) in [6, 6.07) is -0.289. The molecule has 0 radical (unpaired) electrons. The number of aromatic amines is 1. The largest absolute Gasteiger partial charge is 0.432 e. The van der Waals surface area contributed by atoms with E-state index in [0.29, 0.717) is 38.3 Å². The molecule has 0 aliphatic carbocycles. The van der Waals surface area contributed by atoms with Gasteiger partial charge in [-0.2, -0.15) is 13.2 Å². The minimum Gasteiger partial charge on any atom is -0.338 e. The maximum atomic E-state index is 12.8. The molecule has 1 N–H and O–H groups in total. The van der Waals surface area contributed by atoms with E-state index in [2.05, 4.69) is 9.97 Å². The van der Waals surface area contributed by atoms with Crippen molar-refractivity contribution in [2.75, 3.05) is 37.7 Å². The van der Waals surface area contributed by atoms with Crippen molar-refractivity contribution in [2.24, 2.45) is 0 Å². The van der Waals surface area contributed by atoms with Crippen LogP contribution in [0.15, 0.2) is 6.20 Å². The van der Waals surface area contributed by atoms with Crippen molar-refractivity contribution in [3.63, 3.8) is 0 Å². The fourth-order valence-electron chi connectivity index (χ4n) is 4.05. The molecule has 0 unspecified atom stereocenters. The number of sulfone groups is 1. The van der Waals surface area contributed by atoms with Gasteiger partial charge in [-0.25, -0.2) is 13.4 Å². The highest BCUT2D eigenvalue weighted by Crippen LogP contribution is 2.31. The van der Waals surface area contributed by atoms with Gasteiger partial charge in [0.2, 0.25) is 5.91 Å². The molecule has 3 rings (SSSR count). The lowest BCUT2D eigenvalue weighted by Gasteiger charge is -2.34. The molecule has 3 heterocycles. The lowest BCUT2D eigenvalue weighted by Crippen LogP contribution is -2.48. The van der Waals surface area contributed by atoms with Gasteiger partial charge in [-0.3, -0.25) is 9.69 Å². The molecule has 0 aromatic carbocycles. The average molecular weight is 422 g/mol. The van der Waals surface area contributed by atoms with E-state index in [1.54, 1.807) is 4.90 Å². The fourth-order valence-corrected chi connectivity index (χ4v) is 5.78. The summed E-state index contributed by atoms with van der Waals surface area (Å²) in [4.78, 5) is 22.5. The lowest BCUT2D eigenvalue weighted by atomic mass is 9.97. The Morgan fingerprint density at radius 1 is 1.39 bits per heavy atom. The maximum Gasteiger partial charge on any atom is 0.432 e. The van der Waals surface area contributed by atoms with E-state index in [0.717, 1.165) is 12.6 Å². The van der Waals surface area contributed by atoms with Crippen molar-refractivity contribution in [1.82, 2.24) is 19.8 Å². The lowest BCUT2D eigenvalue weighted by molar-refractivity contribution is -0.141. The molecule has 2 aliphatic heterocycles. The van der Waals surface area contributed by atoms with Gasteiger partial charge in [-0.15, -0.1) is 0 Å². The topological polar surface area (TPSA) is 86.4 Å². The first-order valence-corrected chi connectivity index (χ1v) is 11.3. The number of hydrogen-bond donors (Lipinski definition) is 1. The van der Waals surface area contributed by atoms with Crippen LogP contribution in [0.5, 0.6) is 0 Å². The summed E-state index contributed by atoms with van der Waals surface area (Å²) in [7, 11) is -3.08. The number of H-pyrrole nitrogens is 1. The number of hydrogen-bond acceptors (Lipinski definition) is 5. The number of rotatable bonds is 5. The molecule has 0 spiro atoms. The number of nitrogens with one attached hydrogen (secondary N) is 1. The zero-order valence-corrected chi connectivity index (χ0v) is 16.5. The van der Waals surface area contributed by atoms with Crippen LogP contribution >= 0.6 is 0 Å².